The minimum Gasteiger partial charge on any atom is -0.394 e. The van der Waals surface area contributed by atoms with E-state index in [-0.39, 0.29) is 0 Å². The summed E-state index contributed by atoms with van der Waals surface area (Å²) in [4.78, 5) is 1.32. The van der Waals surface area contributed by atoms with Crippen LogP contribution in [0.2, 0.25) is 0 Å². The number of halogens is 3. The summed E-state index contributed by atoms with van der Waals surface area (Å²) >= 11 is 0. The van der Waals surface area contributed by atoms with Gasteiger partial charge in [-0.25, -0.2) is 0 Å². The fourth-order valence-electron chi connectivity index (χ4n) is 1.66. The second-order valence-corrected chi connectivity index (χ2v) is 3.34. The van der Waals surface area contributed by atoms with Crippen molar-refractivity contribution >= 4 is 0 Å². The average Bonchev–Trinajstić information content (AvgIpc) is 2.05. The highest BCUT2D eigenvalue weighted by Crippen LogP contribution is 2.26. The summed E-state index contributed by atoms with van der Waals surface area (Å²) in [6.07, 6.45) is -1.71. The number of hydrogen-bond acceptors (Lipinski definition) is 2. The minimum atomic E-state index is -4.30. The molecule has 1 fully saturated rings. The molecule has 5 heteroatoms. The molecule has 1 N–H and O–H groups in total. The zero-order chi connectivity index (χ0) is 9.90. The van der Waals surface area contributed by atoms with E-state index in [0.29, 0.717) is 13.1 Å². The number of hydrogen-bond donors (Lipinski definition) is 1. The van der Waals surface area contributed by atoms with E-state index >= 15 is 0 Å². The van der Waals surface area contributed by atoms with E-state index in [1.54, 1.807) is 0 Å². The van der Waals surface area contributed by atoms with E-state index in [2.05, 4.69) is 0 Å². The number of aliphatic hydroxyl groups is 1. The molecule has 0 saturated carbocycles. The molecule has 0 aromatic heterocycles. The van der Waals surface area contributed by atoms with Gasteiger partial charge in [0.25, 0.3) is 0 Å². The molecule has 1 aliphatic heterocycles. The van der Waals surface area contributed by atoms with Crippen LogP contribution in [0.15, 0.2) is 0 Å². The standard InChI is InChI=1S/C8H14F3NO/c9-8(10,11)7(6-13)12-4-2-1-3-5-12/h7,13H,1-6H2/t7-/m0/s1. The van der Waals surface area contributed by atoms with Crippen LogP contribution >= 0.6 is 0 Å². The SMILES string of the molecule is OC[C@H](N1CCCCC1)C(F)(F)F. The van der Waals surface area contributed by atoms with Gasteiger partial charge in [-0.1, -0.05) is 6.42 Å². The normalized spacial score (nSPS) is 23.1. The zero-order valence-corrected chi connectivity index (χ0v) is 7.35. The van der Waals surface area contributed by atoms with Crippen molar-refractivity contribution in [2.24, 2.45) is 0 Å². The van der Waals surface area contributed by atoms with E-state index in [1.165, 1.54) is 4.90 Å². The third-order valence-corrected chi connectivity index (χ3v) is 2.38. The lowest BCUT2D eigenvalue weighted by Crippen LogP contribution is -2.50. The van der Waals surface area contributed by atoms with E-state index in [0.717, 1.165) is 19.3 Å². The predicted octanol–water partition coefficient (Wildman–Crippen LogP) is 1.40. The van der Waals surface area contributed by atoms with Gasteiger partial charge in [0.1, 0.15) is 6.04 Å². The van der Waals surface area contributed by atoms with Gasteiger partial charge in [-0.05, 0) is 25.9 Å². The highest BCUT2D eigenvalue weighted by molar-refractivity contribution is 4.80. The van der Waals surface area contributed by atoms with Crippen molar-refractivity contribution in [3.63, 3.8) is 0 Å². The maximum atomic E-state index is 12.3. The molecule has 1 rings (SSSR count). The third kappa shape index (κ3) is 2.84. The summed E-state index contributed by atoms with van der Waals surface area (Å²) < 4.78 is 36.9. The van der Waals surface area contributed by atoms with Gasteiger partial charge in [-0.3, -0.25) is 4.90 Å². The number of nitrogens with zero attached hydrogens (tertiary/aromatic N) is 1. The van der Waals surface area contributed by atoms with Gasteiger partial charge in [0, 0.05) is 0 Å². The van der Waals surface area contributed by atoms with Gasteiger partial charge in [0.15, 0.2) is 0 Å². The van der Waals surface area contributed by atoms with Crippen LogP contribution in [0, 0.1) is 0 Å². The van der Waals surface area contributed by atoms with Gasteiger partial charge in [-0.15, -0.1) is 0 Å². The smallest absolute Gasteiger partial charge is 0.394 e. The zero-order valence-electron chi connectivity index (χ0n) is 7.35. The molecule has 1 saturated heterocycles. The topological polar surface area (TPSA) is 23.5 Å². The highest BCUT2D eigenvalue weighted by Gasteiger charge is 2.43. The Bertz CT molecular complexity index is 154. The quantitative estimate of drug-likeness (QED) is 0.723. The van der Waals surface area contributed by atoms with Gasteiger partial charge >= 0.3 is 6.18 Å². The third-order valence-electron chi connectivity index (χ3n) is 2.38. The first-order valence-corrected chi connectivity index (χ1v) is 4.47. The Morgan fingerprint density at radius 2 is 1.69 bits per heavy atom. The van der Waals surface area contributed by atoms with E-state index in [9.17, 15) is 13.2 Å². The lowest BCUT2D eigenvalue weighted by molar-refractivity contribution is -0.194. The van der Waals surface area contributed by atoms with Gasteiger partial charge < -0.3 is 5.11 Å². The Morgan fingerprint density at radius 1 is 1.15 bits per heavy atom. The van der Waals surface area contributed by atoms with E-state index in [1.807, 2.05) is 0 Å². The molecule has 0 spiro atoms. The van der Waals surface area contributed by atoms with Gasteiger partial charge in [0.05, 0.1) is 6.61 Å². The minimum absolute atomic E-state index is 0.449. The molecule has 0 bridgehead atoms. The fourth-order valence-corrected chi connectivity index (χ4v) is 1.66. The Kier molecular flexibility index (Phi) is 3.55. The Balaban J connectivity index is 2.54. The largest absolute Gasteiger partial charge is 0.406 e. The molecule has 1 aliphatic rings. The summed E-state index contributed by atoms with van der Waals surface area (Å²) in [6.45, 7) is 0.0684. The van der Waals surface area contributed by atoms with Crippen LogP contribution in [-0.4, -0.2) is 41.9 Å². The summed E-state index contributed by atoms with van der Waals surface area (Å²) in [7, 11) is 0. The lowest BCUT2D eigenvalue weighted by atomic mass is 10.1. The Labute approximate surface area is 75.3 Å². The molecule has 78 valence electrons. The molecule has 0 aromatic rings. The second kappa shape index (κ2) is 4.28. The van der Waals surface area contributed by atoms with E-state index in [4.69, 9.17) is 5.11 Å². The summed E-state index contributed by atoms with van der Waals surface area (Å²) in [5.41, 5.74) is 0. The highest BCUT2D eigenvalue weighted by atomic mass is 19.4. The number of rotatable bonds is 2. The molecule has 1 heterocycles. The van der Waals surface area contributed by atoms with Crippen LogP contribution in [-0.2, 0) is 0 Å². The van der Waals surface area contributed by atoms with Crippen LogP contribution in [0.3, 0.4) is 0 Å². The summed E-state index contributed by atoms with van der Waals surface area (Å²) in [6, 6.07) is -1.66. The van der Waals surface area contributed by atoms with Crippen LogP contribution in [0.25, 0.3) is 0 Å². The van der Waals surface area contributed by atoms with Crippen LogP contribution < -0.4 is 0 Å². The van der Waals surface area contributed by atoms with Gasteiger partial charge in [-0.2, -0.15) is 13.2 Å². The maximum Gasteiger partial charge on any atom is 0.406 e. The summed E-state index contributed by atoms with van der Waals surface area (Å²) in [5.74, 6) is 0. The molecular formula is C8H14F3NO. The molecule has 0 unspecified atom stereocenters. The summed E-state index contributed by atoms with van der Waals surface area (Å²) in [5, 5.41) is 8.65. The van der Waals surface area contributed by atoms with E-state index < -0.39 is 18.8 Å². The number of aliphatic hydroxyl groups excluding tert-OH is 1. The van der Waals surface area contributed by atoms with Crippen molar-refractivity contribution < 1.29 is 18.3 Å². The van der Waals surface area contributed by atoms with Gasteiger partial charge in [0.2, 0.25) is 0 Å². The number of piperidine rings is 1. The maximum absolute atomic E-state index is 12.3. The van der Waals surface area contributed by atoms with Crippen LogP contribution in [0.4, 0.5) is 13.2 Å². The first-order chi connectivity index (χ1) is 6.05. The molecular weight excluding hydrogens is 183 g/mol. The number of likely N-dealkylation sites (tertiary alicyclic amines) is 1. The van der Waals surface area contributed by atoms with Crippen molar-refractivity contribution in [3.05, 3.63) is 0 Å². The molecule has 13 heavy (non-hydrogen) atoms. The number of alkyl halides is 3. The predicted molar refractivity (Wildman–Crippen MR) is 42.4 cm³/mol. The monoisotopic (exact) mass is 197 g/mol. The van der Waals surface area contributed by atoms with Crippen molar-refractivity contribution in [2.45, 2.75) is 31.5 Å². The van der Waals surface area contributed by atoms with Crippen LogP contribution in [0.5, 0.6) is 0 Å². The molecule has 2 nitrogen and oxygen atoms in total. The average molecular weight is 197 g/mol. The molecule has 0 radical (unpaired) electrons. The fraction of sp³-hybridized carbons (Fsp3) is 1.00. The Morgan fingerprint density at radius 3 is 2.08 bits per heavy atom. The Hall–Kier alpha value is -0.290. The lowest BCUT2D eigenvalue weighted by Gasteiger charge is -2.34. The first-order valence-electron chi connectivity index (χ1n) is 4.47. The van der Waals surface area contributed by atoms with Crippen molar-refractivity contribution in [3.8, 4) is 0 Å². The van der Waals surface area contributed by atoms with Crippen molar-refractivity contribution in [2.75, 3.05) is 19.7 Å². The van der Waals surface area contributed by atoms with Crippen molar-refractivity contribution in [1.82, 2.24) is 4.90 Å². The molecule has 0 aliphatic carbocycles. The molecule has 0 amide bonds. The molecule has 1 atom stereocenters. The second-order valence-electron chi connectivity index (χ2n) is 3.34. The molecule has 0 aromatic carbocycles. The van der Waals surface area contributed by atoms with Crippen LogP contribution in [0.1, 0.15) is 19.3 Å². The van der Waals surface area contributed by atoms with Crippen molar-refractivity contribution in [1.29, 1.82) is 0 Å². The first kappa shape index (κ1) is 10.8.